The Morgan fingerprint density at radius 2 is 0.952 bits per heavy atom. The van der Waals surface area contributed by atoms with Gasteiger partial charge in [-0.1, -0.05) is 41.5 Å². The average molecular weight is 325 g/mol. The van der Waals surface area contributed by atoms with Crippen molar-refractivity contribution in [2.45, 2.75) is 53.2 Å². The topological polar surface area (TPSA) is 9.72 Å². The summed E-state index contributed by atoms with van der Waals surface area (Å²) in [5.74, 6) is 0. The number of halogens is 2. The number of nitrogens with zero attached hydrogens (tertiary/aromatic N) is 3. The first kappa shape index (κ1) is 21.2. The van der Waals surface area contributed by atoms with Gasteiger partial charge in [-0.25, -0.2) is 8.78 Å². The van der Waals surface area contributed by atoms with E-state index in [1.807, 2.05) is 0 Å². The third-order valence-corrected chi connectivity index (χ3v) is 6.71. The van der Waals surface area contributed by atoms with Crippen LogP contribution in [0.5, 0.6) is 0 Å². The maximum atomic E-state index is 13.8. The van der Waals surface area contributed by atoms with Crippen molar-refractivity contribution in [3.05, 3.63) is 0 Å². The van der Waals surface area contributed by atoms with Gasteiger partial charge in [0.2, 0.25) is 0 Å². The first-order valence-electron chi connectivity index (χ1n) is 8.18. The smallest absolute Gasteiger partial charge is 0.259 e. The highest BCUT2D eigenvalue weighted by atomic mass is 31.1. The van der Waals surface area contributed by atoms with Crippen molar-refractivity contribution in [1.82, 2.24) is 14.7 Å². The molecular formula is C15H34F2N3P. The van der Waals surface area contributed by atoms with Crippen LogP contribution < -0.4 is 0 Å². The number of hydrogen-bond donors (Lipinski definition) is 0. The number of rotatable bonds is 11. The molecule has 0 fully saturated rings. The molecule has 0 amide bonds. The van der Waals surface area contributed by atoms with E-state index in [-0.39, 0.29) is 0 Å². The third-order valence-electron chi connectivity index (χ3n) is 4.33. The molecule has 128 valence electrons. The SMILES string of the molecule is CCN(CC)C(N(CC)CC)(N(CC)CC)P(C)C(F)F. The van der Waals surface area contributed by atoms with Gasteiger partial charge in [-0.2, -0.15) is 0 Å². The predicted octanol–water partition coefficient (Wildman–Crippen LogP) is 3.96. The second-order valence-corrected chi connectivity index (χ2v) is 7.22. The highest BCUT2D eigenvalue weighted by molar-refractivity contribution is 7.58. The molecule has 0 aliphatic heterocycles. The van der Waals surface area contributed by atoms with E-state index in [9.17, 15) is 8.78 Å². The molecule has 0 aromatic carbocycles. The zero-order valence-electron chi connectivity index (χ0n) is 14.9. The van der Waals surface area contributed by atoms with Gasteiger partial charge < -0.3 is 0 Å². The molecule has 21 heavy (non-hydrogen) atoms. The van der Waals surface area contributed by atoms with E-state index in [2.05, 4.69) is 56.2 Å². The van der Waals surface area contributed by atoms with Gasteiger partial charge in [0, 0.05) is 7.92 Å². The van der Waals surface area contributed by atoms with E-state index in [0.717, 1.165) is 39.3 Å². The summed E-state index contributed by atoms with van der Waals surface area (Å²) >= 11 is 0. The van der Waals surface area contributed by atoms with Crippen LogP contribution in [0, 0.1) is 0 Å². The third kappa shape index (κ3) is 4.13. The summed E-state index contributed by atoms with van der Waals surface area (Å²) < 4.78 is 27.5. The molecule has 6 heteroatoms. The monoisotopic (exact) mass is 325 g/mol. The first-order chi connectivity index (χ1) is 9.91. The van der Waals surface area contributed by atoms with Crippen LogP contribution in [0.15, 0.2) is 0 Å². The molecule has 1 unspecified atom stereocenters. The Hall–Kier alpha value is 0.170. The van der Waals surface area contributed by atoms with E-state index in [4.69, 9.17) is 0 Å². The molecule has 0 aromatic rings. The Balaban J connectivity index is 6.16. The zero-order valence-corrected chi connectivity index (χ0v) is 15.8. The van der Waals surface area contributed by atoms with E-state index in [0.29, 0.717) is 0 Å². The van der Waals surface area contributed by atoms with E-state index >= 15 is 0 Å². The molecule has 0 aromatic heterocycles. The fraction of sp³-hybridized carbons (Fsp3) is 1.00. The van der Waals surface area contributed by atoms with Crippen molar-refractivity contribution in [3.63, 3.8) is 0 Å². The second kappa shape index (κ2) is 10.0. The number of hydrogen-bond acceptors (Lipinski definition) is 3. The van der Waals surface area contributed by atoms with Crippen LogP contribution in [0.25, 0.3) is 0 Å². The molecule has 3 nitrogen and oxygen atoms in total. The summed E-state index contributed by atoms with van der Waals surface area (Å²) in [7, 11) is -1.50. The fourth-order valence-corrected chi connectivity index (χ4v) is 5.79. The molecule has 0 bridgehead atoms. The van der Waals surface area contributed by atoms with E-state index < -0.39 is 19.6 Å². The van der Waals surface area contributed by atoms with Crippen molar-refractivity contribution in [2.75, 3.05) is 45.9 Å². The zero-order chi connectivity index (χ0) is 16.6. The lowest BCUT2D eigenvalue weighted by molar-refractivity contribution is -0.0982. The van der Waals surface area contributed by atoms with E-state index in [1.54, 1.807) is 6.66 Å². The lowest BCUT2D eigenvalue weighted by atomic mass is 10.3. The van der Waals surface area contributed by atoms with Crippen LogP contribution in [-0.4, -0.2) is 72.3 Å². The summed E-state index contributed by atoms with van der Waals surface area (Å²) in [6.07, 6.45) is -2.28. The maximum absolute atomic E-state index is 13.8. The summed E-state index contributed by atoms with van der Waals surface area (Å²) in [6.45, 7) is 18.9. The lowest BCUT2D eigenvalue weighted by Crippen LogP contribution is -2.69. The van der Waals surface area contributed by atoms with Gasteiger partial charge in [0.05, 0.1) is 0 Å². The van der Waals surface area contributed by atoms with Crippen LogP contribution in [0.1, 0.15) is 41.5 Å². The first-order valence-corrected chi connectivity index (χ1v) is 10.0. The number of alkyl halides is 2. The average Bonchev–Trinajstić information content (AvgIpc) is 2.48. The molecule has 0 heterocycles. The molecule has 0 N–H and O–H groups in total. The largest absolute Gasteiger partial charge is 0.270 e. The van der Waals surface area contributed by atoms with Gasteiger partial charge in [-0.15, -0.1) is 0 Å². The van der Waals surface area contributed by atoms with Crippen LogP contribution in [0.3, 0.4) is 0 Å². The van der Waals surface area contributed by atoms with Crippen LogP contribution >= 0.6 is 7.92 Å². The minimum atomic E-state index is -2.28. The standard InChI is InChI=1S/C15H34F2N3P/c1-8-18(9-2)15(19(10-3)11-4,20(12-5)13-6)21(7)14(16)17/h14H,8-13H2,1-7H3. The molecular weight excluding hydrogens is 291 g/mol. The fourth-order valence-electron chi connectivity index (χ4n) is 3.34. The summed E-state index contributed by atoms with van der Waals surface area (Å²) in [6, 6.07) is 0. The molecule has 0 radical (unpaired) electrons. The highest BCUT2D eigenvalue weighted by Crippen LogP contribution is 2.56. The van der Waals surface area contributed by atoms with Gasteiger partial charge >= 0.3 is 0 Å². The Kier molecular flexibility index (Phi) is 10.1. The molecule has 0 rings (SSSR count). The van der Waals surface area contributed by atoms with Crippen molar-refractivity contribution in [3.8, 4) is 0 Å². The predicted molar refractivity (Wildman–Crippen MR) is 90.3 cm³/mol. The van der Waals surface area contributed by atoms with Gasteiger partial charge in [-0.05, 0) is 45.9 Å². The van der Waals surface area contributed by atoms with Crippen LogP contribution in [-0.2, 0) is 0 Å². The van der Waals surface area contributed by atoms with Crippen molar-refractivity contribution >= 4 is 7.92 Å². The minimum Gasteiger partial charge on any atom is -0.270 e. The van der Waals surface area contributed by atoms with Gasteiger partial charge in [-0.3, -0.25) is 14.7 Å². The molecule has 0 spiro atoms. The Labute approximate surface area is 131 Å². The molecule has 0 saturated heterocycles. The van der Waals surface area contributed by atoms with Crippen molar-refractivity contribution in [1.29, 1.82) is 0 Å². The van der Waals surface area contributed by atoms with Gasteiger partial charge in [0.1, 0.15) is 0 Å². The molecule has 1 atom stereocenters. The Bertz CT molecular complexity index is 230. The van der Waals surface area contributed by atoms with E-state index in [1.165, 1.54) is 0 Å². The normalized spacial score (nSPS) is 14.7. The van der Waals surface area contributed by atoms with Crippen LogP contribution in [0.2, 0.25) is 0 Å². The second-order valence-electron chi connectivity index (χ2n) is 5.01. The quantitative estimate of drug-likeness (QED) is 0.420. The summed E-state index contributed by atoms with van der Waals surface area (Å²) in [4.78, 5) is 6.68. The van der Waals surface area contributed by atoms with Crippen LogP contribution in [0.4, 0.5) is 8.78 Å². The lowest BCUT2D eigenvalue weighted by Gasteiger charge is -2.58. The van der Waals surface area contributed by atoms with Crippen molar-refractivity contribution < 1.29 is 8.78 Å². The Morgan fingerprint density at radius 1 is 0.714 bits per heavy atom. The molecule has 0 saturated carbocycles. The molecule has 0 aliphatic carbocycles. The van der Waals surface area contributed by atoms with Gasteiger partial charge in [0.15, 0.2) is 5.53 Å². The summed E-state index contributed by atoms with van der Waals surface area (Å²) in [5, 5.41) is 0. The maximum Gasteiger partial charge on any atom is 0.259 e. The Morgan fingerprint density at radius 3 is 1.10 bits per heavy atom. The molecule has 0 aliphatic rings. The highest BCUT2D eigenvalue weighted by Gasteiger charge is 2.51. The summed E-state index contributed by atoms with van der Waals surface area (Å²) in [5.41, 5.74) is -0.653. The minimum absolute atomic E-state index is 0.653. The van der Waals surface area contributed by atoms with Crippen molar-refractivity contribution in [2.24, 2.45) is 0 Å². The van der Waals surface area contributed by atoms with Gasteiger partial charge in [0.25, 0.3) is 6.17 Å².